The van der Waals surface area contributed by atoms with Gasteiger partial charge in [0.2, 0.25) is 0 Å². The van der Waals surface area contributed by atoms with Crippen molar-refractivity contribution in [2.24, 2.45) is 5.73 Å². The third-order valence-corrected chi connectivity index (χ3v) is 11.2. The molecule has 0 saturated heterocycles. The zero-order valence-electron chi connectivity index (χ0n) is 38.7. The summed E-state index contributed by atoms with van der Waals surface area (Å²) in [4.78, 5) is 33.6. The molecular formula is C50H90NO9P. The molecule has 10 nitrogen and oxygen atoms in total. The molecule has 354 valence electrons. The molecule has 0 aromatic carbocycles. The van der Waals surface area contributed by atoms with Crippen LogP contribution in [0.5, 0.6) is 0 Å². The number of carbonyl (C=O) groups is 2. The molecule has 3 unspecified atom stereocenters. The number of aliphatic carboxylic acids is 1. The summed E-state index contributed by atoms with van der Waals surface area (Å²) in [5, 5.41) is 8.92. The van der Waals surface area contributed by atoms with Crippen molar-refractivity contribution in [1.29, 1.82) is 0 Å². The van der Waals surface area contributed by atoms with Crippen molar-refractivity contribution >= 4 is 19.8 Å². The van der Waals surface area contributed by atoms with Crippen molar-refractivity contribution in [2.75, 3.05) is 26.4 Å². The van der Waals surface area contributed by atoms with E-state index in [2.05, 4.69) is 74.6 Å². The number of carboxylic acid groups (broad SMARTS) is 1. The molecule has 3 atom stereocenters. The second-order valence-corrected chi connectivity index (χ2v) is 17.7. The molecule has 0 saturated carbocycles. The van der Waals surface area contributed by atoms with Gasteiger partial charge in [-0.15, -0.1) is 0 Å². The molecule has 0 spiro atoms. The fraction of sp³-hybridized carbons (Fsp3) is 0.760. The Hall–Kier alpha value is -2.33. The molecule has 11 heteroatoms. The highest BCUT2D eigenvalue weighted by molar-refractivity contribution is 7.47. The SMILES string of the molecule is CCCCC/C=C\C/C=C\CCCCCCCCOCC(COP(=O)(O)OCC(N)C(=O)O)OC(=O)CCCCCCCCCC/C=C\C/C=C\C/C=C\CCCCCCC. The summed E-state index contributed by atoms with van der Waals surface area (Å²) in [6, 6.07) is -1.48. The zero-order valence-corrected chi connectivity index (χ0v) is 39.6. The molecule has 0 aliphatic carbocycles. The number of carboxylic acids is 1. The molecule has 0 radical (unpaired) electrons. The average molecular weight is 880 g/mol. The van der Waals surface area contributed by atoms with E-state index in [9.17, 15) is 19.0 Å². The van der Waals surface area contributed by atoms with Crippen LogP contribution in [0, 0.1) is 0 Å². The standard InChI is InChI=1S/C50H90NO9P/c1-3-5-7-9-11-13-15-17-19-21-22-23-24-25-26-27-28-30-32-34-36-38-40-42-49(52)60-47(45-58-61(55,56)59-46-48(51)50(53)54)44-57-43-41-39-37-35-33-31-29-20-18-16-14-12-10-8-6-4-2/h12,14-15,17-18,20-22,24-25,47-48H,3-11,13,16,19,23,26-46,51H2,1-2H3,(H,53,54)(H,55,56)/b14-12-,17-15-,20-18-,22-21-,25-24-. The summed E-state index contributed by atoms with van der Waals surface area (Å²) >= 11 is 0. The summed E-state index contributed by atoms with van der Waals surface area (Å²) in [5.41, 5.74) is 5.37. The largest absolute Gasteiger partial charge is 0.480 e. The summed E-state index contributed by atoms with van der Waals surface area (Å²) in [7, 11) is -4.63. The van der Waals surface area contributed by atoms with Crippen LogP contribution < -0.4 is 5.73 Å². The molecule has 0 aliphatic rings. The number of phosphoric acid groups is 1. The van der Waals surface area contributed by atoms with Crippen LogP contribution in [-0.2, 0) is 32.7 Å². The molecule has 0 amide bonds. The Labute approximate surface area is 372 Å². The summed E-state index contributed by atoms with van der Waals surface area (Å²) in [6.07, 6.45) is 55.5. The predicted molar refractivity (Wildman–Crippen MR) is 254 cm³/mol. The number of allylic oxidation sites excluding steroid dienone is 10. The molecule has 0 aromatic rings. The first-order valence-corrected chi connectivity index (χ1v) is 25.8. The summed E-state index contributed by atoms with van der Waals surface area (Å²) in [5.74, 6) is -1.79. The number of carbonyl (C=O) groups excluding carboxylic acids is 1. The smallest absolute Gasteiger partial charge is 0.472 e. The van der Waals surface area contributed by atoms with Crippen molar-refractivity contribution in [3.05, 3.63) is 60.8 Å². The van der Waals surface area contributed by atoms with Gasteiger partial charge in [0.15, 0.2) is 0 Å². The van der Waals surface area contributed by atoms with E-state index < -0.39 is 45.1 Å². The Balaban J connectivity index is 4.20. The summed E-state index contributed by atoms with van der Waals surface area (Å²) < 4.78 is 33.4. The van der Waals surface area contributed by atoms with E-state index >= 15 is 0 Å². The fourth-order valence-corrected chi connectivity index (χ4v) is 7.24. The van der Waals surface area contributed by atoms with Crippen molar-refractivity contribution in [3.63, 3.8) is 0 Å². The van der Waals surface area contributed by atoms with Gasteiger partial charge < -0.3 is 25.2 Å². The maximum Gasteiger partial charge on any atom is 0.472 e. The lowest BCUT2D eigenvalue weighted by Crippen LogP contribution is -2.34. The van der Waals surface area contributed by atoms with E-state index in [-0.39, 0.29) is 13.0 Å². The number of phosphoric ester groups is 1. The fourth-order valence-electron chi connectivity index (χ4n) is 6.46. The number of unbranched alkanes of at least 4 members (excludes halogenated alkanes) is 22. The van der Waals surface area contributed by atoms with Gasteiger partial charge in [0.1, 0.15) is 12.1 Å². The molecule has 0 aromatic heterocycles. The average Bonchev–Trinajstić information content (AvgIpc) is 3.24. The van der Waals surface area contributed by atoms with Crippen LogP contribution in [0.4, 0.5) is 0 Å². The van der Waals surface area contributed by atoms with Crippen molar-refractivity contribution < 1.29 is 42.7 Å². The van der Waals surface area contributed by atoms with Crippen LogP contribution in [0.25, 0.3) is 0 Å². The van der Waals surface area contributed by atoms with Crippen LogP contribution in [-0.4, -0.2) is 60.5 Å². The number of hydrogen-bond acceptors (Lipinski definition) is 8. The molecule has 0 rings (SSSR count). The number of esters is 1. The highest BCUT2D eigenvalue weighted by Gasteiger charge is 2.27. The highest BCUT2D eigenvalue weighted by Crippen LogP contribution is 2.43. The lowest BCUT2D eigenvalue weighted by atomic mass is 10.1. The van der Waals surface area contributed by atoms with Gasteiger partial charge >= 0.3 is 19.8 Å². The first-order valence-electron chi connectivity index (χ1n) is 24.3. The third kappa shape index (κ3) is 45.5. The van der Waals surface area contributed by atoms with Gasteiger partial charge in [0, 0.05) is 13.0 Å². The van der Waals surface area contributed by atoms with Crippen molar-refractivity contribution in [2.45, 2.75) is 219 Å². The van der Waals surface area contributed by atoms with Crippen LogP contribution in [0.2, 0.25) is 0 Å². The van der Waals surface area contributed by atoms with E-state index in [4.69, 9.17) is 29.4 Å². The van der Waals surface area contributed by atoms with E-state index in [1.807, 2.05) is 0 Å². The van der Waals surface area contributed by atoms with Gasteiger partial charge in [-0.25, -0.2) is 4.57 Å². The van der Waals surface area contributed by atoms with E-state index in [0.717, 1.165) is 70.6 Å². The van der Waals surface area contributed by atoms with Crippen LogP contribution in [0.15, 0.2) is 60.8 Å². The zero-order chi connectivity index (χ0) is 44.8. The van der Waals surface area contributed by atoms with E-state index in [1.165, 1.54) is 109 Å². The van der Waals surface area contributed by atoms with Crippen LogP contribution in [0.3, 0.4) is 0 Å². The lowest BCUT2D eigenvalue weighted by molar-refractivity contribution is -0.154. The quantitative estimate of drug-likeness (QED) is 0.0233. The minimum Gasteiger partial charge on any atom is -0.480 e. The van der Waals surface area contributed by atoms with E-state index in [1.54, 1.807) is 0 Å². The lowest BCUT2D eigenvalue weighted by Gasteiger charge is -2.20. The van der Waals surface area contributed by atoms with Gasteiger partial charge in [-0.05, 0) is 83.5 Å². The predicted octanol–water partition coefficient (Wildman–Crippen LogP) is 14.0. The summed E-state index contributed by atoms with van der Waals surface area (Å²) in [6.45, 7) is 3.82. The molecule has 61 heavy (non-hydrogen) atoms. The van der Waals surface area contributed by atoms with Gasteiger partial charge in [-0.2, -0.15) is 0 Å². The van der Waals surface area contributed by atoms with Gasteiger partial charge in [-0.3, -0.25) is 18.6 Å². The minimum absolute atomic E-state index is 0.00466. The maximum atomic E-state index is 12.7. The van der Waals surface area contributed by atoms with E-state index in [0.29, 0.717) is 13.0 Å². The number of ether oxygens (including phenoxy) is 2. The van der Waals surface area contributed by atoms with Crippen LogP contribution >= 0.6 is 7.82 Å². The Morgan fingerprint density at radius 1 is 0.525 bits per heavy atom. The Morgan fingerprint density at radius 3 is 1.38 bits per heavy atom. The Morgan fingerprint density at radius 2 is 0.902 bits per heavy atom. The topological polar surface area (TPSA) is 155 Å². The third-order valence-electron chi connectivity index (χ3n) is 10.3. The molecule has 0 heterocycles. The molecule has 4 N–H and O–H groups in total. The maximum absolute atomic E-state index is 12.7. The monoisotopic (exact) mass is 880 g/mol. The molecular weight excluding hydrogens is 790 g/mol. The molecule has 0 aliphatic heterocycles. The van der Waals surface area contributed by atoms with Crippen LogP contribution in [0.1, 0.15) is 206 Å². The molecule has 0 bridgehead atoms. The normalized spacial score (nSPS) is 14.3. The molecule has 0 fully saturated rings. The Bertz CT molecular complexity index is 1200. The van der Waals surface area contributed by atoms with Crippen molar-refractivity contribution in [1.82, 2.24) is 0 Å². The number of hydrogen-bond donors (Lipinski definition) is 3. The van der Waals surface area contributed by atoms with Gasteiger partial charge in [0.25, 0.3) is 0 Å². The van der Waals surface area contributed by atoms with Gasteiger partial charge in [-0.1, -0.05) is 177 Å². The first kappa shape index (κ1) is 58.7. The Kier molecular flexibility index (Phi) is 43.9. The first-order chi connectivity index (χ1) is 29.7. The van der Waals surface area contributed by atoms with Crippen molar-refractivity contribution in [3.8, 4) is 0 Å². The second kappa shape index (κ2) is 45.7. The van der Waals surface area contributed by atoms with Gasteiger partial charge in [0.05, 0.1) is 19.8 Å². The highest BCUT2D eigenvalue weighted by atomic mass is 31.2. The number of nitrogens with two attached hydrogens (primary N) is 1. The minimum atomic E-state index is -4.63. The second-order valence-electron chi connectivity index (χ2n) is 16.2. The number of rotatable bonds is 46.